The molecule has 3 heteroatoms. The molecule has 1 rings (SSSR count). The fourth-order valence-corrected chi connectivity index (χ4v) is 1.76. The lowest BCUT2D eigenvalue weighted by Gasteiger charge is -2.26. The first-order chi connectivity index (χ1) is 8.40. The number of aliphatic hydroxyl groups is 1. The van der Waals surface area contributed by atoms with Gasteiger partial charge >= 0.3 is 0 Å². The third-order valence-electron chi connectivity index (χ3n) is 2.60. The van der Waals surface area contributed by atoms with Gasteiger partial charge in [-0.3, -0.25) is 4.90 Å². The highest BCUT2D eigenvalue weighted by Gasteiger charge is 2.15. The maximum absolute atomic E-state index is 12.7. The van der Waals surface area contributed by atoms with Crippen LogP contribution in [-0.2, 0) is 0 Å². The molecule has 0 spiro atoms. The summed E-state index contributed by atoms with van der Waals surface area (Å²) < 4.78 is 12.7. The zero-order chi connectivity index (χ0) is 13.6. The molecule has 0 fully saturated rings. The fraction of sp³-hybridized carbons (Fsp3) is 0.467. The molecule has 0 bridgehead atoms. The normalized spacial score (nSPS) is 12.6. The Kier molecular flexibility index (Phi) is 5.51. The van der Waals surface area contributed by atoms with Gasteiger partial charge in [0.1, 0.15) is 5.82 Å². The highest BCUT2D eigenvalue weighted by atomic mass is 19.1. The first kappa shape index (κ1) is 14.9. The van der Waals surface area contributed by atoms with E-state index in [0.29, 0.717) is 6.54 Å². The van der Waals surface area contributed by atoms with Gasteiger partial charge in [-0.1, -0.05) is 31.2 Å². The molecule has 18 heavy (non-hydrogen) atoms. The Balaban J connectivity index is 2.49. The van der Waals surface area contributed by atoms with Gasteiger partial charge < -0.3 is 5.11 Å². The third-order valence-corrected chi connectivity index (χ3v) is 2.60. The van der Waals surface area contributed by atoms with Gasteiger partial charge in [0.2, 0.25) is 0 Å². The van der Waals surface area contributed by atoms with Crippen LogP contribution in [0.3, 0.4) is 0 Å². The van der Waals surface area contributed by atoms with E-state index < -0.39 is 5.60 Å². The fourth-order valence-electron chi connectivity index (χ4n) is 1.76. The third kappa shape index (κ3) is 5.94. The molecule has 0 aliphatic heterocycles. The maximum Gasteiger partial charge on any atom is 0.123 e. The predicted molar refractivity (Wildman–Crippen MR) is 73.8 cm³/mol. The van der Waals surface area contributed by atoms with Crippen LogP contribution in [0.2, 0.25) is 0 Å². The SMILES string of the molecule is CCN(C/C=C/c1ccc(F)cc1)CC(C)(C)O. The standard InChI is InChI=1S/C15H22FNO/c1-4-17(12-15(2,3)18)11-5-6-13-7-9-14(16)10-8-13/h5-10,18H,4,11-12H2,1-3H3/b6-5+. The second kappa shape index (κ2) is 6.66. The quantitative estimate of drug-likeness (QED) is 0.840. The smallest absolute Gasteiger partial charge is 0.123 e. The van der Waals surface area contributed by atoms with Crippen molar-refractivity contribution in [3.8, 4) is 0 Å². The van der Waals surface area contributed by atoms with Crippen LogP contribution in [0.1, 0.15) is 26.3 Å². The van der Waals surface area contributed by atoms with E-state index in [1.165, 1.54) is 12.1 Å². The minimum Gasteiger partial charge on any atom is -0.389 e. The van der Waals surface area contributed by atoms with Gasteiger partial charge in [0, 0.05) is 13.1 Å². The lowest BCUT2D eigenvalue weighted by atomic mass is 10.1. The summed E-state index contributed by atoms with van der Waals surface area (Å²) in [5.41, 5.74) is 0.301. The Morgan fingerprint density at radius 3 is 2.39 bits per heavy atom. The number of hydrogen-bond donors (Lipinski definition) is 1. The van der Waals surface area contributed by atoms with E-state index in [2.05, 4.69) is 11.8 Å². The van der Waals surface area contributed by atoms with Crippen molar-refractivity contribution in [3.05, 3.63) is 41.7 Å². The van der Waals surface area contributed by atoms with Gasteiger partial charge in [-0.15, -0.1) is 0 Å². The molecule has 1 N–H and O–H groups in total. The minimum absolute atomic E-state index is 0.218. The Hall–Kier alpha value is -1.19. The van der Waals surface area contributed by atoms with Gasteiger partial charge in [-0.2, -0.15) is 0 Å². The molecule has 100 valence electrons. The second-order valence-corrected chi connectivity index (χ2v) is 5.09. The summed E-state index contributed by atoms with van der Waals surface area (Å²) >= 11 is 0. The monoisotopic (exact) mass is 251 g/mol. The van der Waals surface area contributed by atoms with E-state index in [4.69, 9.17) is 0 Å². The average Bonchev–Trinajstić information content (AvgIpc) is 2.29. The topological polar surface area (TPSA) is 23.5 Å². The summed E-state index contributed by atoms with van der Waals surface area (Å²) in [5, 5.41) is 9.76. The number of hydrogen-bond acceptors (Lipinski definition) is 2. The maximum atomic E-state index is 12.7. The van der Waals surface area contributed by atoms with Crippen molar-refractivity contribution in [2.24, 2.45) is 0 Å². The molecule has 1 aromatic rings. The van der Waals surface area contributed by atoms with Crippen LogP contribution in [0.5, 0.6) is 0 Å². The molecule has 0 amide bonds. The largest absolute Gasteiger partial charge is 0.389 e. The van der Waals surface area contributed by atoms with Crippen molar-refractivity contribution in [1.29, 1.82) is 0 Å². The van der Waals surface area contributed by atoms with Crippen LogP contribution in [0, 0.1) is 5.82 Å². The van der Waals surface area contributed by atoms with Gasteiger partial charge in [-0.05, 0) is 38.1 Å². The van der Waals surface area contributed by atoms with Crippen molar-refractivity contribution in [1.82, 2.24) is 4.90 Å². The molecule has 0 saturated carbocycles. The Bertz CT molecular complexity index is 378. The zero-order valence-corrected chi connectivity index (χ0v) is 11.4. The predicted octanol–water partition coefficient (Wildman–Crippen LogP) is 2.93. The van der Waals surface area contributed by atoms with E-state index in [0.717, 1.165) is 18.7 Å². The number of benzene rings is 1. The van der Waals surface area contributed by atoms with Crippen LogP contribution in [0.4, 0.5) is 4.39 Å². The van der Waals surface area contributed by atoms with Gasteiger partial charge in [0.25, 0.3) is 0 Å². The molecule has 0 unspecified atom stereocenters. The van der Waals surface area contributed by atoms with Gasteiger partial charge in [0.05, 0.1) is 5.60 Å². The summed E-state index contributed by atoms with van der Waals surface area (Å²) in [4.78, 5) is 2.15. The molecular weight excluding hydrogens is 229 g/mol. The molecule has 0 aliphatic rings. The van der Waals surface area contributed by atoms with Crippen molar-refractivity contribution < 1.29 is 9.50 Å². The van der Waals surface area contributed by atoms with E-state index in [1.54, 1.807) is 26.0 Å². The summed E-state index contributed by atoms with van der Waals surface area (Å²) in [6, 6.07) is 6.40. The average molecular weight is 251 g/mol. The summed E-state index contributed by atoms with van der Waals surface area (Å²) in [7, 11) is 0. The molecule has 0 aliphatic carbocycles. The summed E-state index contributed by atoms with van der Waals surface area (Å²) in [6.45, 7) is 7.98. The molecule has 0 heterocycles. The van der Waals surface area contributed by atoms with E-state index >= 15 is 0 Å². The van der Waals surface area contributed by atoms with Crippen molar-refractivity contribution >= 4 is 6.08 Å². The van der Waals surface area contributed by atoms with E-state index in [1.807, 2.05) is 12.2 Å². The van der Waals surface area contributed by atoms with Gasteiger partial charge in [-0.25, -0.2) is 4.39 Å². The van der Waals surface area contributed by atoms with Crippen LogP contribution in [-0.4, -0.2) is 35.2 Å². The summed E-state index contributed by atoms with van der Waals surface area (Å²) in [5.74, 6) is -0.218. The van der Waals surface area contributed by atoms with Crippen LogP contribution in [0.25, 0.3) is 6.08 Å². The number of nitrogens with zero attached hydrogens (tertiary/aromatic N) is 1. The molecular formula is C15H22FNO. The van der Waals surface area contributed by atoms with Gasteiger partial charge in [0.15, 0.2) is 0 Å². The second-order valence-electron chi connectivity index (χ2n) is 5.09. The lowest BCUT2D eigenvalue weighted by Crippen LogP contribution is -2.38. The number of halogens is 1. The van der Waals surface area contributed by atoms with E-state index in [9.17, 15) is 9.50 Å². The first-order valence-electron chi connectivity index (χ1n) is 6.27. The van der Waals surface area contributed by atoms with Crippen LogP contribution < -0.4 is 0 Å². The lowest BCUT2D eigenvalue weighted by molar-refractivity contribution is 0.0417. The van der Waals surface area contributed by atoms with Crippen LogP contribution in [0.15, 0.2) is 30.3 Å². The van der Waals surface area contributed by atoms with Crippen molar-refractivity contribution in [3.63, 3.8) is 0 Å². The molecule has 0 atom stereocenters. The van der Waals surface area contributed by atoms with Crippen LogP contribution >= 0.6 is 0 Å². The Morgan fingerprint density at radius 2 is 1.89 bits per heavy atom. The summed E-state index contributed by atoms with van der Waals surface area (Å²) in [6.07, 6.45) is 3.99. The number of likely N-dealkylation sites (N-methyl/N-ethyl adjacent to an activating group) is 1. The Labute approximate surface area is 109 Å². The minimum atomic E-state index is -0.681. The number of rotatable bonds is 6. The molecule has 0 aromatic heterocycles. The molecule has 2 nitrogen and oxygen atoms in total. The highest BCUT2D eigenvalue weighted by molar-refractivity contribution is 5.48. The Morgan fingerprint density at radius 1 is 1.28 bits per heavy atom. The highest BCUT2D eigenvalue weighted by Crippen LogP contribution is 2.07. The first-order valence-corrected chi connectivity index (χ1v) is 6.27. The van der Waals surface area contributed by atoms with Crippen molar-refractivity contribution in [2.75, 3.05) is 19.6 Å². The molecule has 1 aromatic carbocycles. The zero-order valence-electron chi connectivity index (χ0n) is 11.4. The van der Waals surface area contributed by atoms with E-state index in [-0.39, 0.29) is 5.82 Å². The molecule has 0 radical (unpaired) electrons. The molecule has 0 saturated heterocycles. The van der Waals surface area contributed by atoms with Crippen molar-refractivity contribution in [2.45, 2.75) is 26.4 Å².